The van der Waals surface area contributed by atoms with E-state index in [1.807, 2.05) is 0 Å². The third-order valence-electron chi connectivity index (χ3n) is 2.64. The van der Waals surface area contributed by atoms with Gasteiger partial charge in [0, 0.05) is 5.57 Å². The molecule has 1 heterocycles. The van der Waals surface area contributed by atoms with Crippen LogP contribution in [0.25, 0.3) is 6.08 Å². The number of amides is 2. The summed E-state index contributed by atoms with van der Waals surface area (Å²) in [6.07, 6.45) is 1.79. The van der Waals surface area contributed by atoms with Crippen molar-refractivity contribution in [3.8, 4) is 11.5 Å². The molecule has 1 aromatic rings. The van der Waals surface area contributed by atoms with Crippen LogP contribution in [-0.4, -0.2) is 26.0 Å². The van der Waals surface area contributed by atoms with Crippen LogP contribution in [0.2, 0.25) is 0 Å². The maximum Gasteiger partial charge on any atom is 0.254 e. The SMILES string of the molecule is COc1ccc(C=C2CC(=O)NC2=O)cc1OC. The fraction of sp³-hybridized carbons (Fsp3) is 0.231. The zero-order valence-corrected chi connectivity index (χ0v) is 10.1. The number of carbonyl (C=O) groups is 2. The molecular formula is C13H13NO4. The molecule has 0 saturated carbocycles. The van der Waals surface area contributed by atoms with E-state index in [1.54, 1.807) is 38.5 Å². The highest BCUT2D eigenvalue weighted by atomic mass is 16.5. The minimum absolute atomic E-state index is 0.118. The zero-order chi connectivity index (χ0) is 13.1. The Hall–Kier alpha value is -2.30. The van der Waals surface area contributed by atoms with Crippen LogP contribution >= 0.6 is 0 Å². The number of ether oxygens (including phenoxy) is 2. The third kappa shape index (κ3) is 2.34. The van der Waals surface area contributed by atoms with Gasteiger partial charge in [0.2, 0.25) is 5.91 Å². The monoisotopic (exact) mass is 247 g/mol. The summed E-state index contributed by atoms with van der Waals surface area (Å²) in [4.78, 5) is 22.5. The van der Waals surface area contributed by atoms with Gasteiger partial charge in [-0.05, 0) is 23.8 Å². The lowest BCUT2D eigenvalue weighted by Gasteiger charge is -2.07. The predicted molar refractivity (Wildman–Crippen MR) is 65.3 cm³/mol. The standard InChI is InChI=1S/C13H13NO4/c1-17-10-4-3-8(6-11(10)18-2)5-9-7-12(15)14-13(9)16/h3-6H,7H2,1-2H3,(H,14,15,16). The van der Waals surface area contributed by atoms with Crippen LogP contribution in [0.3, 0.4) is 0 Å². The fourth-order valence-electron chi connectivity index (χ4n) is 1.76. The molecule has 2 amide bonds. The number of methoxy groups -OCH3 is 2. The summed E-state index contributed by atoms with van der Waals surface area (Å²) in [7, 11) is 3.10. The summed E-state index contributed by atoms with van der Waals surface area (Å²) in [6.45, 7) is 0. The van der Waals surface area contributed by atoms with Crippen molar-refractivity contribution in [2.24, 2.45) is 0 Å². The van der Waals surface area contributed by atoms with Crippen molar-refractivity contribution in [1.82, 2.24) is 5.32 Å². The number of imide groups is 1. The molecule has 0 atom stereocenters. The van der Waals surface area contributed by atoms with Gasteiger partial charge in [-0.2, -0.15) is 0 Å². The van der Waals surface area contributed by atoms with E-state index < -0.39 is 0 Å². The lowest BCUT2D eigenvalue weighted by atomic mass is 10.1. The summed E-state index contributed by atoms with van der Waals surface area (Å²) in [5, 5.41) is 2.24. The Kier molecular flexibility index (Phi) is 3.32. The molecule has 5 nitrogen and oxygen atoms in total. The Morgan fingerprint density at radius 1 is 1.17 bits per heavy atom. The van der Waals surface area contributed by atoms with Gasteiger partial charge in [-0.1, -0.05) is 6.07 Å². The molecule has 5 heteroatoms. The molecule has 0 unspecified atom stereocenters. The van der Waals surface area contributed by atoms with Crippen molar-refractivity contribution >= 4 is 17.9 Å². The second-order valence-corrected chi connectivity index (χ2v) is 3.84. The quantitative estimate of drug-likeness (QED) is 0.642. The van der Waals surface area contributed by atoms with E-state index >= 15 is 0 Å². The molecule has 1 aliphatic rings. The number of carbonyl (C=O) groups excluding carboxylic acids is 2. The second-order valence-electron chi connectivity index (χ2n) is 3.84. The minimum Gasteiger partial charge on any atom is -0.493 e. The first-order valence-corrected chi connectivity index (χ1v) is 5.41. The highest BCUT2D eigenvalue weighted by molar-refractivity contribution is 6.15. The number of nitrogens with one attached hydrogen (secondary N) is 1. The summed E-state index contributed by atoms with van der Waals surface area (Å²) in [5.41, 5.74) is 1.24. The topological polar surface area (TPSA) is 64.6 Å². The van der Waals surface area contributed by atoms with E-state index in [4.69, 9.17) is 9.47 Å². The van der Waals surface area contributed by atoms with Gasteiger partial charge >= 0.3 is 0 Å². The molecule has 0 bridgehead atoms. The molecule has 2 rings (SSSR count). The van der Waals surface area contributed by atoms with E-state index in [9.17, 15) is 9.59 Å². The minimum atomic E-state index is -0.338. The molecule has 0 spiro atoms. The number of hydrogen-bond acceptors (Lipinski definition) is 4. The lowest BCUT2D eigenvalue weighted by molar-refractivity contribution is -0.124. The predicted octanol–water partition coefficient (Wildman–Crippen LogP) is 1.13. The van der Waals surface area contributed by atoms with Gasteiger partial charge in [0.25, 0.3) is 5.91 Å². The summed E-state index contributed by atoms with van der Waals surface area (Å²) >= 11 is 0. The number of rotatable bonds is 3. The van der Waals surface area contributed by atoms with Gasteiger partial charge in [0.05, 0.1) is 20.6 Å². The molecule has 0 aromatic heterocycles. The van der Waals surface area contributed by atoms with Crippen LogP contribution in [-0.2, 0) is 9.59 Å². The van der Waals surface area contributed by atoms with Crippen LogP contribution in [0, 0.1) is 0 Å². The van der Waals surface area contributed by atoms with Crippen molar-refractivity contribution < 1.29 is 19.1 Å². The van der Waals surface area contributed by atoms with E-state index in [1.165, 1.54) is 0 Å². The maximum absolute atomic E-state index is 11.4. The molecule has 94 valence electrons. The average Bonchev–Trinajstić information content (AvgIpc) is 2.67. The Morgan fingerprint density at radius 3 is 2.44 bits per heavy atom. The third-order valence-corrected chi connectivity index (χ3v) is 2.64. The van der Waals surface area contributed by atoms with Crippen molar-refractivity contribution in [3.63, 3.8) is 0 Å². The van der Waals surface area contributed by atoms with Crippen LogP contribution in [0.15, 0.2) is 23.8 Å². The first kappa shape index (κ1) is 12.2. The Morgan fingerprint density at radius 2 is 1.89 bits per heavy atom. The van der Waals surface area contributed by atoms with E-state index in [0.717, 1.165) is 5.56 Å². The summed E-state index contributed by atoms with van der Waals surface area (Å²) in [5.74, 6) is 0.588. The maximum atomic E-state index is 11.4. The molecule has 0 aliphatic carbocycles. The van der Waals surface area contributed by atoms with E-state index in [0.29, 0.717) is 17.1 Å². The van der Waals surface area contributed by atoms with Crippen LogP contribution in [0.1, 0.15) is 12.0 Å². The smallest absolute Gasteiger partial charge is 0.254 e. The first-order chi connectivity index (χ1) is 8.63. The van der Waals surface area contributed by atoms with Crippen LogP contribution < -0.4 is 14.8 Å². The molecule has 1 aromatic carbocycles. The summed E-state index contributed by atoms with van der Waals surface area (Å²) < 4.78 is 10.3. The van der Waals surface area contributed by atoms with Crippen molar-refractivity contribution in [2.45, 2.75) is 6.42 Å². The Bertz CT molecular complexity index is 534. The second kappa shape index (κ2) is 4.91. The van der Waals surface area contributed by atoms with Gasteiger partial charge in [0.1, 0.15) is 0 Å². The van der Waals surface area contributed by atoms with Gasteiger partial charge in [0.15, 0.2) is 11.5 Å². The van der Waals surface area contributed by atoms with E-state index in [-0.39, 0.29) is 18.2 Å². The van der Waals surface area contributed by atoms with Crippen LogP contribution in [0.4, 0.5) is 0 Å². The van der Waals surface area contributed by atoms with Crippen molar-refractivity contribution in [3.05, 3.63) is 29.3 Å². The molecular weight excluding hydrogens is 234 g/mol. The van der Waals surface area contributed by atoms with Crippen molar-refractivity contribution in [2.75, 3.05) is 14.2 Å². The fourth-order valence-corrected chi connectivity index (χ4v) is 1.76. The summed E-state index contributed by atoms with van der Waals surface area (Å²) in [6, 6.07) is 5.30. The largest absolute Gasteiger partial charge is 0.493 e. The molecule has 0 radical (unpaired) electrons. The van der Waals surface area contributed by atoms with Gasteiger partial charge < -0.3 is 9.47 Å². The lowest BCUT2D eigenvalue weighted by Crippen LogP contribution is -2.19. The normalized spacial score (nSPS) is 16.9. The highest BCUT2D eigenvalue weighted by Crippen LogP contribution is 2.28. The Balaban J connectivity index is 2.32. The highest BCUT2D eigenvalue weighted by Gasteiger charge is 2.23. The molecule has 1 aliphatic heterocycles. The number of benzene rings is 1. The molecule has 1 saturated heterocycles. The Labute approximate surface area is 104 Å². The van der Waals surface area contributed by atoms with Crippen molar-refractivity contribution in [1.29, 1.82) is 0 Å². The molecule has 1 N–H and O–H groups in total. The number of hydrogen-bond donors (Lipinski definition) is 1. The average molecular weight is 247 g/mol. The van der Waals surface area contributed by atoms with Gasteiger partial charge in [-0.15, -0.1) is 0 Å². The molecule has 18 heavy (non-hydrogen) atoms. The van der Waals surface area contributed by atoms with Gasteiger partial charge in [-0.3, -0.25) is 14.9 Å². The molecule has 1 fully saturated rings. The first-order valence-electron chi connectivity index (χ1n) is 5.41. The van der Waals surface area contributed by atoms with Gasteiger partial charge in [-0.25, -0.2) is 0 Å². The van der Waals surface area contributed by atoms with E-state index in [2.05, 4.69) is 5.32 Å². The van der Waals surface area contributed by atoms with Crippen LogP contribution in [0.5, 0.6) is 11.5 Å². The zero-order valence-electron chi connectivity index (χ0n) is 10.1.